The fourth-order valence-corrected chi connectivity index (χ4v) is 3.49. The minimum atomic E-state index is -0.550. The van der Waals surface area contributed by atoms with Gasteiger partial charge in [0, 0.05) is 28.6 Å². The van der Waals surface area contributed by atoms with Crippen molar-refractivity contribution in [3.05, 3.63) is 70.2 Å². The Kier molecular flexibility index (Phi) is 4.02. The third kappa shape index (κ3) is 2.78. The summed E-state index contributed by atoms with van der Waals surface area (Å²) in [5, 5.41) is 20.5. The van der Waals surface area contributed by atoms with E-state index in [9.17, 15) is 10.4 Å². The zero-order valence-electron chi connectivity index (χ0n) is 14.2. The number of phenolic OH excluding ortho intramolecular Hbond substituents is 1. The summed E-state index contributed by atoms with van der Waals surface area (Å²) < 4.78 is 10.7. The molecule has 3 N–H and O–H groups in total. The predicted molar refractivity (Wildman–Crippen MR) is 101 cm³/mol. The fraction of sp³-hybridized carbons (Fsp3) is 0.100. The summed E-state index contributed by atoms with van der Waals surface area (Å²) in [6.07, 6.45) is 0. The van der Waals surface area contributed by atoms with Crippen molar-refractivity contribution in [3.8, 4) is 23.3 Å². The first kappa shape index (κ1) is 17.0. The summed E-state index contributed by atoms with van der Waals surface area (Å²) in [5.41, 5.74) is 8.18. The van der Waals surface area contributed by atoms with Crippen LogP contribution in [0, 0.1) is 11.3 Å². The number of hydrogen-bond acceptors (Lipinski definition) is 6. The summed E-state index contributed by atoms with van der Waals surface area (Å²) in [7, 11) is 1.58. The van der Waals surface area contributed by atoms with E-state index in [0.29, 0.717) is 28.1 Å². The molecule has 4 rings (SSSR count). The third-order valence-corrected chi connectivity index (χ3v) is 4.82. The maximum absolute atomic E-state index is 9.75. The number of allylic oxidation sites excluding steroid dienone is 1. The van der Waals surface area contributed by atoms with Crippen LogP contribution in [0.4, 0.5) is 0 Å². The number of hydrogen-bond donors (Lipinski definition) is 2. The van der Waals surface area contributed by atoms with Crippen LogP contribution in [0.5, 0.6) is 17.2 Å². The highest BCUT2D eigenvalue weighted by atomic mass is 35.5. The minimum Gasteiger partial charge on any atom is -0.508 e. The van der Waals surface area contributed by atoms with Gasteiger partial charge in [-0.2, -0.15) is 5.26 Å². The van der Waals surface area contributed by atoms with Crippen LogP contribution < -0.4 is 15.2 Å². The van der Waals surface area contributed by atoms with Gasteiger partial charge in [0.2, 0.25) is 5.88 Å². The molecular formula is C20H14ClN3O3. The van der Waals surface area contributed by atoms with Gasteiger partial charge in [0.15, 0.2) is 0 Å². The second-order valence-electron chi connectivity index (χ2n) is 6.07. The van der Waals surface area contributed by atoms with E-state index in [1.54, 1.807) is 19.2 Å². The van der Waals surface area contributed by atoms with Crippen molar-refractivity contribution in [1.82, 2.24) is 4.98 Å². The molecule has 0 bridgehead atoms. The number of halogens is 1. The first-order chi connectivity index (χ1) is 13.0. The van der Waals surface area contributed by atoms with E-state index >= 15 is 0 Å². The molecule has 1 aliphatic heterocycles. The Balaban J connectivity index is 1.96. The zero-order chi connectivity index (χ0) is 19.1. The molecule has 1 aliphatic rings. The van der Waals surface area contributed by atoms with Gasteiger partial charge in [-0.1, -0.05) is 17.7 Å². The number of nitrogens with zero attached hydrogens (tertiary/aromatic N) is 2. The average molecular weight is 380 g/mol. The summed E-state index contributed by atoms with van der Waals surface area (Å²) in [5.74, 6) is 0.517. The molecule has 6 nitrogen and oxygen atoms in total. The molecule has 0 amide bonds. The topological polar surface area (TPSA) is 101 Å². The monoisotopic (exact) mass is 379 g/mol. The van der Waals surface area contributed by atoms with Gasteiger partial charge in [-0.3, -0.25) is 0 Å². The number of aromatic hydroxyl groups is 1. The summed E-state index contributed by atoms with van der Waals surface area (Å²) in [6.45, 7) is 0. The second kappa shape index (κ2) is 6.38. The quantitative estimate of drug-likeness (QED) is 0.656. The van der Waals surface area contributed by atoms with Gasteiger partial charge < -0.3 is 20.3 Å². The van der Waals surface area contributed by atoms with Gasteiger partial charge in [-0.15, -0.1) is 0 Å². The number of benzene rings is 2. The van der Waals surface area contributed by atoms with Crippen LogP contribution in [0.25, 0.3) is 10.9 Å². The van der Waals surface area contributed by atoms with Crippen molar-refractivity contribution in [1.29, 1.82) is 5.26 Å². The SMILES string of the molecule is COc1ccc2cc(C3C(C#N)=C(N)Oc4cc(O)ccc43)c(Cl)nc2c1. The largest absolute Gasteiger partial charge is 0.508 e. The number of ether oxygens (including phenoxy) is 2. The van der Waals surface area contributed by atoms with Crippen LogP contribution in [0.2, 0.25) is 5.15 Å². The van der Waals surface area contributed by atoms with E-state index in [1.807, 2.05) is 18.2 Å². The molecule has 2 heterocycles. The fourth-order valence-electron chi connectivity index (χ4n) is 3.23. The molecule has 7 heteroatoms. The van der Waals surface area contributed by atoms with Gasteiger partial charge in [0.25, 0.3) is 0 Å². The normalized spacial score (nSPS) is 15.8. The Labute approximate surface area is 160 Å². The molecule has 3 aromatic rings. The molecule has 1 aromatic heterocycles. The number of rotatable bonds is 2. The van der Waals surface area contributed by atoms with E-state index in [1.165, 1.54) is 12.1 Å². The number of pyridine rings is 1. The van der Waals surface area contributed by atoms with Gasteiger partial charge in [0.05, 0.1) is 18.5 Å². The number of methoxy groups -OCH3 is 1. The molecule has 0 saturated heterocycles. The Bertz CT molecular complexity index is 1150. The smallest absolute Gasteiger partial charge is 0.205 e. The first-order valence-corrected chi connectivity index (χ1v) is 8.44. The predicted octanol–water partition coefficient (Wildman–Crippen LogP) is 3.82. The maximum atomic E-state index is 9.75. The highest BCUT2D eigenvalue weighted by molar-refractivity contribution is 6.30. The Morgan fingerprint density at radius 1 is 1.22 bits per heavy atom. The van der Waals surface area contributed by atoms with Crippen molar-refractivity contribution < 1.29 is 14.6 Å². The van der Waals surface area contributed by atoms with Crippen LogP contribution in [-0.2, 0) is 0 Å². The number of nitrogens with two attached hydrogens (primary N) is 1. The maximum Gasteiger partial charge on any atom is 0.205 e. The van der Waals surface area contributed by atoms with Crippen molar-refractivity contribution >= 4 is 22.5 Å². The zero-order valence-corrected chi connectivity index (χ0v) is 15.0. The molecule has 1 atom stereocenters. The number of phenols is 1. The number of nitriles is 1. The van der Waals surface area contributed by atoms with E-state index < -0.39 is 5.92 Å². The van der Waals surface area contributed by atoms with Crippen molar-refractivity contribution in [3.63, 3.8) is 0 Å². The molecular weight excluding hydrogens is 366 g/mol. The third-order valence-electron chi connectivity index (χ3n) is 4.52. The summed E-state index contributed by atoms with van der Waals surface area (Å²) >= 11 is 6.48. The summed E-state index contributed by atoms with van der Waals surface area (Å²) in [6, 6.07) is 14.1. The lowest BCUT2D eigenvalue weighted by atomic mass is 9.84. The van der Waals surface area contributed by atoms with Crippen LogP contribution >= 0.6 is 11.6 Å². The lowest BCUT2D eigenvalue weighted by Crippen LogP contribution is -2.21. The highest BCUT2D eigenvalue weighted by Gasteiger charge is 2.32. The molecule has 0 saturated carbocycles. The van der Waals surface area contributed by atoms with Gasteiger partial charge in [-0.05, 0) is 24.3 Å². The van der Waals surface area contributed by atoms with Crippen LogP contribution in [0.3, 0.4) is 0 Å². The van der Waals surface area contributed by atoms with Gasteiger partial charge in [-0.25, -0.2) is 4.98 Å². The van der Waals surface area contributed by atoms with Crippen LogP contribution in [0.1, 0.15) is 17.0 Å². The lowest BCUT2D eigenvalue weighted by molar-refractivity contribution is 0.388. The van der Waals surface area contributed by atoms with E-state index in [-0.39, 0.29) is 22.4 Å². The van der Waals surface area contributed by atoms with Crippen LogP contribution in [-0.4, -0.2) is 17.2 Å². The van der Waals surface area contributed by atoms with E-state index in [2.05, 4.69) is 11.1 Å². The van der Waals surface area contributed by atoms with Gasteiger partial charge >= 0.3 is 0 Å². The van der Waals surface area contributed by atoms with E-state index in [0.717, 1.165) is 5.39 Å². The minimum absolute atomic E-state index is 0.0218. The molecule has 1 unspecified atom stereocenters. The van der Waals surface area contributed by atoms with Gasteiger partial charge in [0.1, 0.15) is 34.0 Å². The first-order valence-electron chi connectivity index (χ1n) is 8.06. The Morgan fingerprint density at radius 3 is 2.78 bits per heavy atom. The van der Waals surface area contributed by atoms with Crippen LogP contribution in [0.15, 0.2) is 53.9 Å². The van der Waals surface area contributed by atoms with E-state index in [4.69, 9.17) is 26.8 Å². The second-order valence-corrected chi connectivity index (χ2v) is 6.43. The molecule has 2 aromatic carbocycles. The molecule has 0 spiro atoms. The average Bonchev–Trinajstić information content (AvgIpc) is 2.65. The molecule has 0 radical (unpaired) electrons. The lowest BCUT2D eigenvalue weighted by Gasteiger charge is -2.27. The number of aromatic nitrogens is 1. The van der Waals surface area contributed by atoms with Crippen molar-refractivity contribution in [2.24, 2.45) is 5.73 Å². The Hall–Kier alpha value is -3.43. The molecule has 0 fully saturated rings. The highest BCUT2D eigenvalue weighted by Crippen LogP contribution is 2.45. The summed E-state index contributed by atoms with van der Waals surface area (Å²) in [4.78, 5) is 4.47. The van der Waals surface area contributed by atoms with Crippen molar-refractivity contribution in [2.45, 2.75) is 5.92 Å². The molecule has 0 aliphatic carbocycles. The number of fused-ring (bicyclic) bond motifs is 2. The molecule has 134 valence electrons. The standard InChI is InChI=1S/C20H14ClN3O3/c1-26-12-4-2-10-6-14(19(21)24-16(10)8-12)18-13-5-3-11(25)7-17(13)27-20(23)15(18)9-22/h2-8,18,25H,23H2,1H3. The Morgan fingerprint density at radius 2 is 2.04 bits per heavy atom. The molecule has 27 heavy (non-hydrogen) atoms. The van der Waals surface area contributed by atoms with Crippen molar-refractivity contribution in [2.75, 3.05) is 7.11 Å².